The normalized spacial score (nSPS) is 10.5. The van der Waals surface area contributed by atoms with E-state index in [9.17, 15) is 9.59 Å². The molecular formula is C14H14O5. The molecule has 0 saturated carbocycles. The van der Waals surface area contributed by atoms with Crippen LogP contribution in [-0.2, 0) is 0 Å². The molecule has 0 atom stereocenters. The lowest BCUT2D eigenvalue weighted by Crippen LogP contribution is -2.06. The van der Waals surface area contributed by atoms with Crippen LogP contribution >= 0.6 is 0 Å². The van der Waals surface area contributed by atoms with Crippen LogP contribution < -0.4 is 14.9 Å². The van der Waals surface area contributed by atoms with Gasteiger partial charge in [0.15, 0.2) is 11.7 Å². The van der Waals surface area contributed by atoms with Crippen LogP contribution in [-0.4, -0.2) is 20.0 Å². The Hall–Kier alpha value is -2.30. The number of benzene rings is 1. The third-order valence-corrected chi connectivity index (χ3v) is 2.72. The molecule has 2 rings (SSSR count). The monoisotopic (exact) mass is 262 g/mol. The topological polar surface area (TPSA) is 65.7 Å². The largest absolute Gasteiger partial charge is 0.495 e. The molecule has 0 bridgehead atoms. The van der Waals surface area contributed by atoms with Gasteiger partial charge in [0.25, 0.3) is 0 Å². The van der Waals surface area contributed by atoms with E-state index in [1.165, 1.54) is 13.2 Å². The maximum Gasteiger partial charge on any atom is 0.196 e. The molecule has 0 saturated heterocycles. The zero-order chi connectivity index (χ0) is 14.0. The first-order chi connectivity index (χ1) is 9.12. The van der Waals surface area contributed by atoms with Crippen molar-refractivity contribution in [3.63, 3.8) is 0 Å². The fourth-order valence-electron chi connectivity index (χ4n) is 2.00. The number of hydrogen-bond acceptors (Lipinski definition) is 5. The first-order valence-electron chi connectivity index (χ1n) is 5.85. The lowest BCUT2D eigenvalue weighted by molar-refractivity contribution is 0.111. The molecule has 0 N–H and O–H groups in total. The van der Waals surface area contributed by atoms with Crippen molar-refractivity contribution in [1.82, 2.24) is 0 Å². The van der Waals surface area contributed by atoms with Crippen molar-refractivity contribution in [2.45, 2.75) is 13.8 Å². The molecule has 19 heavy (non-hydrogen) atoms. The van der Waals surface area contributed by atoms with Crippen LogP contribution in [0, 0.1) is 6.92 Å². The van der Waals surface area contributed by atoms with Crippen molar-refractivity contribution in [3.8, 4) is 11.5 Å². The molecule has 2 aromatic rings. The molecule has 1 aromatic heterocycles. The summed E-state index contributed by atoms with van der Waals surface area (Å²) < 4.78 is 16.1. The van der Waals surface area contributed by atoms with Gasteiger partial charge in [-0.3, -0.25) is 9.59 Å². The average Bonchev–Trinajstić information content (AvgIpc) is 2.37. The smallest absolute Gasteiger partial charge is 0.196 e. The molecule has 0 spiro atoms. The first-order valence-corrected chi connectivity index (χ1v) is 5.85. The van der Waals surface area contributed by atoms with Crippen LogP contribution in [0.25, 0.3) is 11.0 Å². The Bertz CT molecular complexity index is 684. The van der Waals surface area contributed by atoms with E-state index >= 15 is 0 Å². The number of aryl methyl sites for hydroxylation is 1. The van der Waals surface area contributed by atoms with Gasteiger partial charge in [-0.15, -0.1) is 0 Å². The van der Waals surface area contributed by atoms with Gasteiger partial charge in [0.2, 0.25) is 0 Å². The van der Waals surface area contributed by atoms with Crippen LogP contribution in [0.15, 0.2) is 21.3 Å². The number of carbonyl (C=O) groups is 1. The Morgan fingerprint density at radius 3 is 2.68 bits per heavy atom. The Balaban J connectivity index is 2.93. The highest BCUT2D eigenvalue weighted by Crippen LogP contribution is 2.34. The minimum absolute atomic E-state index is 0.185. The minimum atomic E-state index is -0.248. The molecule has 100 valence electrons. The molecule has 1 aromatic carbocycles. The molecule has 0 aliphatic heterocycles. The van der Waals surface area contributed by atoms with Crippen molar-refractivity contribution in [3.05, 3.63) is 33.7 Å². The molecule has 0 aliphatic carbocycles. The quantitative estimate of drug-likeness (QED) is 0.791. The molecule has 0 fully saturated rings. The second kappa shape index (κ2) is 5.14. The number of rotatable bonds is 4. The lowest BCUT2D eigenvalue weighted by atomic mass is 10.1. The Kier molecular flexibility index (Phi) is 3.55. The molecule has 0 amide bonds. The van der Waals surface area contributed by atoms with Crippen molar-refractivity contribution in [2.24, 2.45) is 0 Å². The van der Waals surface area contributed by atoms with Crippen LogP contribution in [0.1, 0.15) is 23.0 Å². The molecule has 0 radical (unpaired) electrons. The lowest BCUT2D eigenvalue weighted by Gasteiger charge is -2.12. The van der Waals surface area contributed by atoms with Gasteiger partial charge in [0.1, 0.15) is 28.2 Å². The summed E-state index contributed by atoms with van der Waals surface area (Å²) in [5.41, 5.74) is 0.311. The van der Waals surface area contributed by atoms with E-state index in [0.29, 0.717) is 30.0 Å². The van der Waals surface area contributed by atoms with E-state index in [4.69, 9.17) is 13.9 Å². The average molecular weight is 262 g/mol. The summed E-state index contributed by atoms with van der Waals surface area (Å²) in [5.74, 6) is 1.01. The Labute approximate surface area is 109 Å². The van der Waals surface area contributed by atoms with Crippen LogP contribution in [0.2, 0.25) is 0 Å². The summed E-state index contributed by atoms with van der Waals surface area (Å²) in [6.45, 7) is 3.88. The highest BCUT2D eigenvalue weighted by atomic mass is 16.5. The highest BCUT2D eigenvalue weighted by Gasteiger charge is 2.18. The van der Waals surface area contributed by atoms with E-state index in [-0.39, 0.29) is 22.1 Å². The molecule has 1 heterocycles. The summed E-state index contributed by atoms with van der Waals surface area (Å²) in [6, 6.07) is 2.90. The molecular weight excluding hydrogens is 248 g/mol. The first kappa shape index (κ1) is 13.1. The van der Waals surface area contributed by atoms with Gasteiger partial charge >= 0.3 is 0 Å². The van der Waals surface area contributed by atoms with Gasteiger partial charge in [0, 0.05) is 12.1 Å². The predicted molar refractivity (Wildman–Crippen MR) is 70.3 cm³/mol. The highest BCUT2D eigenvalue weighted by molar-refractivity contribution is 5.96. The SMILES string of the molecule is CCOc1cc2oc(C)cc(=O)c2c(OC)c1C=O. The summed E-state index contributed by atoms with van der Waals surface area (Å²) in [6.07, 6.45) is 0.614. The van der Waals surface area contributed by atoms with Gasteiger partial charge in [-0.05, 0) is 13.8 Å². The van der Waals surface area contributed by atoms with Gasteiger partial charge in [0.05, 0.1) is 19.3 Å². The van der Waals surface area contributed by atoms with E-state index in [1.807, 2.05) is 0 Å². The Morgan fingerprint density at radius 2 is 2.11 bits per heavy atom. The summed E-state index contributed by atoms with van der Waals surface area (Å²) >= 11 is 0. The van der Waals surface area contributed by atoms with Crippen molar-refractivity contribution in [1.29, 1.82) is 0 Å². The Morgan fingerprint density at radius 1 is 1.37 bits per heavy atom. The van der Waals surface area contributed by atoms with E-state index in [2.05, 4.69) is 0 Å². The van der Waals surface area contributed by atoms with E-state index < -0.39 is 0 Å². The summed E-state index contributed by atoms with van der Waals surface area (Å²) in [4.78, 5) is 23.2. The molecule has 0 aliphatic rings. The van der Waals surface area contributed by atoms with Gasteiger partial charge < -0.3 is 13.9 Å². The maximum atomic E-state index is 12.0. The zero-order valence-electron chi connectivity index (χ0n) is 11.0. The van der Waals surface area contributed by atoms with Gasteiger partial charge in [-0.2, -0.15) is 0 Å². The molecule has 5 nitrogen and oxygen atoms in total. The number of aldehydes is 1. The number of methoxy groups -OCH3 is 1. The van der Waals surface area contributed by atoms with Crippen LogP contribution in [0.4, 0.5) is 0 Å². The van der Waals surface area contributed by atoms with Gasteiger partial charge in [-0.1, -0.05) is 0 Å². The van der Waals surface area contributed by atoms with E-state index in [1.54, 1.807) is 19.9 Å². The second-order valence-electron chi connectivity index (χ2n) is 3.97. The van der Waals surface area contributed by atoms with Crippen LogP contribution in [0.3, 0.4) is 0 Å². The third-order valence-electron chi connectivity index (χ3n) is 2.72. The minimum Gasteiger partial charge on any atom is -0.495 e. The fourth-order valence-corrected chi connectivity index (χ4v) is 2.00. The number of fused-ring (bicyclic) bond motifs is 1. The zero-order valence-corrected chi connectivity index (χ0v) is 11.0. The van der Waals surface area contributed by atoms with E-state index in [0.717, 1.165) is 0 Å². The maximum absolute atomic E-state index is 12.0. The van der Waals surface area contributed by atoms with Crippen molar-refractivity contribution >= 4 is 17.3 Å². The van der Waals surface area contributed by atoms with Crippen molar-refractivity contribution < 1.29 is 18.7 Å². The van der Waals surface area contributed by atoms with Crippen LogP contribution in [0.5, 0.6) is 11.5 Å². The fraction of sp³-hybridized carbons (Fsp3) is 0.286. The summed E-state index contributed by atoms with van der Waals surface area (Å²) in [7, 11) is 1.40. The molecule has 5 heteroatoms. The standard InChI is InChI=1S/C14H14O5/c1-4-18-11-6-12-13(10(16)5-8(2)19-12)14(17-3)9(11)7-15/h5-7H,4H2,1-3H3. The van der Waals surface area contributed by atoms with Gasteiger partial charge in [-0.25, -0.2) is 0 Å². The number of carbonyl (C=O) groups excluding carboxylic acids is 1. The summed E-state index contributed by atoms with van der Waals surface area (Å²) in [5, 5.41) is 0.249. The van der Waals surface area contributed by atoms with Crippen molar-refractivity contribution in [2.75, 3.05) is 13.7 Å². The number of ether oxygens (including phenoxy) is 2. The number of hydrogen-bond donors (Lipinski definition) is 0. The predicted octanol–water partition coefficient (Wildman–Crippen LogP) is 2.32. The third kappa shape index (κ3) is 2.19. The second-order valence-corrected chi connectivity index (χ2v) is 3.97. The molecule has 0 unspecified atom stereocenters.